The van der Waals surface area contributed by atoms with E-state index >= 15 is 0 Å². The first-order chi connectivity index (χ1) is 12.3. The highest BCUT2D eigenvalue weighted by molar-refractivity contribution is 5.73. The normalized spacial score (nSPS) is 22.8. The Morgan fingerprint density at radius 1 is 1.19 bits per heavy atom. The molecule has 0 unspecified atom stereocenters. The Labute approximate surface area is 147 Å². The van der Waals surface area contributed by atoms with Crippen molar-refractivity contribution in [3.8, 4) is 17.6 Å². The van der Waals surface area contributed by atoms with Crippen molar-refractivity contribution in [2.75, 3.05) is 0 Å². The van der Waals surface area contributed by atoms with Crippen molar-refractivity contribution in [3.05, 3.63) is 23.8 Å². The van der Waals surface area contributed by atoms with E-state index < -0.39 is 30.1 Å². The first-order valence-electron chi connectivity index (χ1n) is 7.98. The number of nitrogens with one attached hydrogen (secondary N) is 1. The van der Waals surface area contributed by atoms with Crippen molar-refractivity contribution in [2.45, 2.75) is 57.3 Å². The van der Waals surface area contributed by atoms with E-state index in [0.29, 0.717) is 31.2 Å². The maximum Gasteiger partial charge on any atom is 0.387 e. The number of nitriles is 1. The van der Waals surface area contributed by atoms with E-state index in [-0.39, 0.29) is 11.9 Å². The van der Waals surface area contributed by atoms with Crippen LogP contribution in [0.2, 0.25) is 0 Å². The van der Waals surface area contributed by atoms with E-state index in [1.807, 2.05) is 0 Å². The van der Waals surface area contributed by atoms with Gasteiger partial charge in [0.25, 0.3) is 0 Å². The van der Waals surface area contributed by atoms with Crippen LogP contribution in [0.25, 0.3) is 0 Å². The Balaban J connectivity index is 2.28. The Morgan fingerprint density at radius 3 is 2.27 bits per heavy atom. The highest BCUT2D eigenvalue weighted by Crippen LogP contribution is 2.42. The highest BCUT2D eigenvalue weighted by Gasteiger charge is 2.38. The number of carbonyl (C=O) groups excluding carboxylic acids is 1. The molecule has 1 aliphatic carbocycles. The largest absolute Gasteiger partial charge is 0.431 e. The van der Waals surface area contributed by atoms with Crippen LogP contribution in [-0.2, 0) is 10.2 Å². The second kappa shape index (κ2) is 8.25. The molecule has 1 fully saturated rings. The lowest BCUT2D eigenvalue weighted by Gasteiger charge is -2.35. The number of amides is 1. The minimum atomic E-state index is -3.22. The van der Waals surface area contributed by atoms with Crippen LogP contribution in [0.4, 0.5) is 17.6 Å². The molecule has 142 valence electrons. The molecule has 1 aliphatic rings. The van der Waals surface area contributed by atoms with Crippen LogP contribution in [0.1, 0.15) is 38.2 Å². The first kappa shape index (κ1) is 19.8. The SMILES string of the molecule is CC(=O)N[C@H]1CC[C@@](C#N)(c2ccc(OC(F)F)c(OC(F)F)c2)CC1. The van der Waals surface area contributed by atoms with Gasteiger partial charge < -0.3 is 14.8 Å². The zero-order valence-corrected chi connectivity index (χ0v) is 14.0. The fourth-order valence-electron chi connectivity index (χ4n) is 3.19. The van der Waals surface area contributed by atoms with E-state index in [2.05, 4.69) is 20.9 Å². The molecule has 1 N–H and O–H groups in total. The molecule has 0 spiro atoms. The molecule has 0 aliphatic heterocycles. The molecule has 0 heterocycles. The van der Waals surface area contributed by atoms with Gasteiger partial charge in [-0.1, -0.05) is 6.07 Å². The van der Waals surface area contributed by atoms with Crippen LogP contribution in [0, 0.1) is 11.3 Å². The van der Waals surface area contributed by atoms with Gasteiger partial charge in [0.1, 0.15) is 0 Å². The molecule has 0 aromatic heterocycles. The molecular weight excluding hydrogens is 356 g/mol. The standard InChI is InChI=1S/C17H18F4N2O3/c1-10(24)23-12-4-6-17(9-22,7-5-12)11-2-3-13(25-15(18)19)14(8-11)26-16(20)21/h2-3,8,12,15-16H,4-7H2,1H3,(H,23,24)/t12-,17+. The molecule has 1 aromatic rings. The molecule has 0 atom stereocenters. The summed E-state index contributed by atoms with van der Waals surface area (Å²) in [6.07, 6.45) is 1.84. The number of ether oxygens (including phenoxy) is 2. The molecule has 26 heavy (non-hydrogen) atoms. The number of hydrogen-bond acceptors (Lipinski definition) is 4. The Bertz CT molecular complexity index is 683. The van der Waals surface area contributed by atoms with Crippen molar-refractivity contribution in [3.63, 3.8) is 0 Å². The highest BCUT2D eigenvalue weighted by atomic mass is 19.3. The average molecular weight is 374 g/mol. The van der Waals surface area contributed by atoms with Gasteiger partial charge in [-0.2, -0.15) is 22.8 Å². The van der Waals surface area contributed by atoms with Crippen LogP contribution in [0.5, 0.6) is 11.5 Å². The van der Waals surface area contributed by atoms with Gasteiger partial charge in [-0.15, -0.1) is 0 Å². The lowest BCUT2D eigenvalue weighted by Crippen LogP contribution is -2.41. The minimum absolute atomic E-state index is 0.0628. The summed E-state index contributed by atoms with van der Waals surface area (Å²) in [6, 6.07) is 5.78. The third-order valence-electron chi connectivity index (χ3n) is 4.39. The van der Waals surface area contributed by atoms with Gasteiger partial charge in [0.15, 0.2) is 11.5 Å². The van der Waals surface area contributed by atoms with E-state index in [1.54, 1.807) is 0 Å². The van der Waals surface area contributed by atoms with Crippen molar-refractivity contribution < 1.29 is 31.8 Å². The summed E-state index contributed by atoms with van der Waals surface area (Å²) >= 11 is 0. The number of hydrogen-bond donors (Lipinski definition) is 1. The van der Waals surface area contributed by atoms with Gasteiger partial charge in [-0.05, 0) is 43.4 Å². The number of benzene rings is 1. The summed E-state index contributed by atoms with van der Waals surface area (Å²) in [6.45, 7) is -5.01. The zero-order chi connectivity index (χ0) is 19.3. The van der Waals surface area contributed by atoms with Gasteiger partial charge in [-0.3, -0.25) is 4.79 Å². The van der Waals surface area contributed by atoms with Crippen molar-refractivity contribution >= 4 is 5.91 Å². The van der Waals surface area contributed by atoms with E-state index in [9.17, 15) is 27.6 Å². The average Bonchev–Trinajstić information content (AvgIpc) is 2.56. The number of halogens is 4. The summed E-state index contributed by atoms with van der Waals surface area (Å²) in [7, 11) is 0. The van der Waals surface area contributed by atoms with Crippen LogP contribution in [-0.4, -0.2) is 25.2 Å². The maximum absolute atomic E-state index is 12.6. The molecule has 9 heteroatoms. The predicted molar refractivity (Wildman–Crippen MR) is 83.1 cm³/mol. The van der Waals surface area contributed by atoms with Gasteiger partial charge in [0.2, 0.25) is 5.91 Å². The minimum Gasteiger partial charge on any atom is -0.431 e. The number of alkyl halides is 4. The van der Waals surface area contributed by atoms with Gasteiger partial charge in [-0.25, -0.2) is 0 Å². The second-order valence-electron chi connectivity index (χ2n) is 6.09. The smallest absolute Gasteiger partial charge is 0.387 e. The molecule has 0 saturated heterocycles. The van der Waals surface area contributed by atoms with E-state index in [4.69, 9.17) is 0 Å². The van der Waals surface area contributed by atoms with E-state index in [0.717, 1.165) is 12.1 Å². The fraction of sp³-hybridized carbons (Fsp3) is 0.529. The second-order valence-corrected chi connectivity index (χ2v) is 6.09. The van der Waals surface area contributed by atoms with Crippen molar-refractivity contribution in [1.82, 2.24) is 5.32 Å². The van der Waals surface area contributed by atoms with Gasteiger partial charge >= 0.3 is 13.2 Å². The Kier molecular flexibility index (Phi) is 6.29. The molecule has 0 bridgehead atoms. The summed E-state index contributed by atoms with van der Waals surface area (Å²) in [4.78, 5) is 11.1. The van der Waals surface area contributed by atoms with Crippen molar-refractivity contribution in [1.29, 1.82) is 5.26 Å². The van der Waals surface area contributed by atoms with Crippen LogP contribution in [0.15, 0.2) is 18.2 Å². The topological polar surface area (TPSA) is 71.4 Å². The van der Waals surface area contributed by atoms with Crippen LogP contribution < -0.4 is 14.8 Å². The van der Waals surface area contributed by atoms with E-state index in [1.165, 1.54) is 13.0 Å². The summed E-state index contributed by atoms with van der Waals surface area (Å²) < 4.78 is 58.5. The first-order valence-corrected chi connectivity index (χ1v) is 7.98. The lowest BCUT2D eigenvalue weighted by molar-refractivity contribution is -0.119. The number of carbonyl (C=O) groups is 1. The molecule has 0 radical (unpaired) electrons. The predicted octanol–water partition coefficient (Wildman–Crippen LogP) is 3.73. The maximum atomic E-state index is 12.6. The number of nitrogens with zero attached hydrogens (tertiary/aromatic N) is 1. The summed E-state index contributed by atoms with van der Waals surface area (Å²) in [5, 5.41) is 12.5. The Morgan fingerprint density at radius 2 is 1.77 bits per heavy atom. The van der Waals surface area contributed by atoms with Crippen molar-refractivity contribution in [2.24, 2.45) is 0 Å². The van der Waals surface area contributed by atoms with Crippen LogP contribution >= 0.6 is 0 Å². The third-order valence-corrected chi connectivity index (χ3v) is 4.39. The molecule has 2 rings (SSSR count). The lowest BCUT2D eigenvalue weighted by atomic mass is 9.69. The molecule has 1 amide bonds. The molecule has 5 nitrogen and oxygen atoms in total. The third kappa shape index (κ3) is 4.77. The van der Waals surface area contributed by atoms with Crippen LogP contribution in [0.3, 0.4) is 0 Å². The fourth-order valence-corrected chi connectivity index (χ4v) is 3.19. The summed E-state index contributed by atoms with van der Waals surface area (Å²) in [5.74, 6) is -1.24. The van der Waals surface area contributed by atoms with Gasteiger partial charge in [0, 0.05) is 13.0 Å². The summed E-state index contributed by atoms with van der Waals surface area (Å²) in [5.41, 5.74) is -0.586. The number of rotatable bonds is 6. The molecule has 1 aromatic carbocycles. The molecular formula is C17H18F4N2O3. The van der Waals surface area contributed by atoms with Gasteiger partial charge in [0.05, 0.1) is 11.5 Å². The monoisotopic (exact) mass is 374 g/mol. The molecule has 1 saturated carbocycles. The zero-order valence-electron chi connectivity index (χ0n) is 14.0. The Hall–Kier alpha value is -2.50. The quantitative estimate of drug-likeness (QED) is 0.771.